The molecule has 0 amide bonds. The van der Waals surface area contributed by atoms with Gasteiger partial charge in [0, 0.05) is 5.56 Å². The van der Waals surface area contributed by atoms with Crippen molar-refractivity contribution in [1.82, 2.24) is 0 Å². The molecule has 24 heavy (non-hydrogen) atoms. The lowest BCUT2D eigenvalue weighted by atomic mass is 9.92. The highest BCUT2D eigenvalue weighted by Crippen LogP contribution is 2.31. The number of benzene rings is 2. The predicted octanol–water partition coefficient (Wildman–Crippen LogP) is 5.58. The van der Waals surface area contributed by atoms with Gasteiger partial charge in [-0.2, -0.15) is 0 Å². The highest BCUT2D eigenvalue weighted by molar-refractivity contribution is 6.01. The molecule has 2 aromatic carbocycles. The fraction of sp³-hybridized carbons (Fsp3) is 0.409. The second-order valence-corrected chi connectivity index (χ2v) is 6.81. The molecule has 2 aromatic rings. The molecule has 0 N–H and O–H groups in total. The molecule has 1 fully saturated rings. The Morgan fingerprint density at radius 1 is 0.917 bits per heavy atom. The number of rotatable bonds is 5. The number of ether oxygens (including phenoxy) is 1. The molecule has 0 radical (unpaired) electrons. The first-order valence-electron chi connectivity index (χ1n) is 8.97. The zero-order valence-electron chi connectivity index (χ0n) is 14.6. The first-order chi connectivity index (χ1) is 11.7. The summed E-state index contributed by atoms with van der Waals surface area (Å²) in [5.74, 6) is 0.0768. The minimum Gasteiger partial charge on any atom is -0.362 e. The van der Waals surface area contributed by atoms with Gasteiger partial charge in [-0.15, -0.1) is 0 Å². The average Bonchev–Trinajstić information content (AvgIpc) is 2.61. The molecule has 2 heteroatoms. The molecule has 126 valence electrons. The van der Waals surface area contributed by atoms with Crippen LogP contribution in [0.2, 0.25) is 0 Å². The lowest BCUT2D eigenvalue weighted by Crippen LogP contribution is -2.26. The van der Waals surface area contributed by atoms with Crippen LogP contribution in [0.5, 0.6) is 0 Å². The van der Waals surface area contributed by atoms with Crippen LogP contribution in [-0.2, 0) is 4.74 Å². The Balaban J connectivity index is 1.93. The van der Waals surface area contributed by atoms with Crippen LogP contribution in [0.15, 0.2) is 48.5 Å². The van der Waals surface area contributed by atoms with Crippen LogP contribution in [0.4, 0.5) is 0 Å². The van der Waals surface area contributed by atoms with Gasteiger partial charge in [-0.05, 0) is 43.4 Å². The van der Waals surface area contributed by atoms with Gasteiger partial charge in [-0.25, -0.2) is 0 Å². The average molecular weight is 322 g/mol. The van der Waals surface area contributed by atoms with Gasteiger partial charge in [0.25, 0.3) is 0 Å². The van der Waals surface area contributed by atoms with E-state index in [2.05, 4.69) is 13.0 Å². The number of ketones is 1. The van der Waals surface area contributed by atoms with E-state index in [0.717, 1.165) is 35.1 Å². The normalized spacial score (nSPS) is 16.8. The van der Waals surface area contributed by atoms with E-state index in [1.54, 1.807) is 0 Å². The van der Waals surface area contributed by atoms with Crippen LogP contribution in [0.3, 0.4) is 0 Å². The molecular weight excluding hydrogens is 296 g/mol. The molecule has 0 aliphatic heterocycles. The zero-order valence-corrected chi connectivity index (χ0v) is 14.6. The van der Waals surface area contributed by atoms with E-state index in [9.17, 15) is 4.79 Å². The summed E-state index contributed by atoms with van der Waals surface area (Å²) in [6.45, 7) is 4.04. The summed E-state index contributed by atoms with van der Waals surface area (Å²) >= 11 is 0. The van der Waals surface area contributed by atoms with Crippen molar-refractivity contribution >= 4 is 5.78 Å². The van der Waals surface area contributed by atoms with E-state index < -0.39 is 6.10 Å². The quantitative estimate of drug-likeness (QED) is 0.672. The number of carbonyl (C=O) groups excluding carboxylic acids is 1. The van der Waals surface area contributed by atoms with Crippen molar-refractivity contribution in [1.29, 1.82) is 0 Å². The third kappa shape index (κ3) is 3.76. The fourth-order valence-corrected chi connectivity index (χ4v) is 3.54. The monoisotopic (exact) mass is 322 g/mol. The van der Waals surface area contributed by atoms with Crippen LogP contribution in [0.25, 0.3) is 0 Å². The Morgan fingerprint density at radius 3 is 2.21 bits per heavy atom. The molecule has 0 heterocycles. The third-order valence-corrected chi connectivity index (χ3v) is 5.00. The molecule has 1 atom stereocenters. The van der Waals surface area contributed by atoms with Gasteiger partial charge < -0.3 is 4.74 Å². The second-order valence-electron chi connectivity index (χ2n) is 6.81. The molecule has 3 rings (SSSR count). The number of carbonyl (C=O) groups is 1. The van der Waals surface area contributed by atoms with Crippen LogP contribution >= 0.6 is 0 Å². The van der Waals surface area contributed by atoms with Crippen LogP contribution in [-0.4, -0.2) is 11.9 Å². The summed E-state index contributed by atoms with van der Waals surface area (Å²) < 4.78 is 6.38. The Bertz CT molecular complexity index is 699. The topological polar surface area (TPSA) is 26.3 Å². The highest BCUT2D eigenvalue weighted by atomic mass is 16.5. The first-order valence-corrected chi connectivity index (χ1v) is 8.97. The molecule has 0 aromatic heterocycles. The Hall–Kier alpha value is -1.93. The molecular formula is C22H26O2. The van der Waals surface area contributed by atoms with Crippen LogP contribution < -0.4 is 0 Å². The standard InChI is InChI=1S/C22H26O2/c1-16-10-6-8-14-19(16)21(23)22(20-15-9-7-11-17(20)2)24-18-12-4-3-5-13-18/h6-11,14-15,18,22H,3-5,12-13H2,1-2H3/t22-/m0/s1. The molecule has 0 spiro atoms. The molecule has 1 aliphatic rings. The van der Waals surface area contributed by atoms with Crippen molar-refractivity contribution in [3.8, 4) is 0 Å². The van der Waals surface area contributed by atoms with Gasteiger partial charge in [0.1, 0.15) is 6.10 Å². The molecule has 0 bridgehead atoms. The maximum absolute atomic E-state index is 13.3. The summed E-state index contributed by atoms with van der Waals surface area (Å²) in [5, 5.41) is 0. The SMILES string of the molecule is Cc1ccccc1C(=O)[C@@H](OC1CCCCC1)c1ccccc1C. The lowest BCUT2D eigenvalue weighted by Gasteiger charge is -2.28. The Kier molecular flexibility index (Phi) is 5.47. The maximum atomic E-state index is 13.3. The maximum Gasteiger partial charge on any atom is 0.196 e. The van der Waals surface area contributed by atoms with Gasteiger partial charge in [0.2, 0.25) is 0 Å². The van der Waals surface area contributed by atoms with Gasteiger partial charge in [-0.1, -0.05) is 67.8 Å². The van der Waals surface area contributed by atoms with E-state index in [1.807, 2.05) is 49.4 Å². The van der Waals surface area contributed by atoms with Crippen molar-refractivity contribution in [2.75, 3.05) is 0 Å². The van der Waals surface area contributed by atoms with Crippen LogP contribution in [0.1, 0.15) is 65.3 Å². The lowest BCUT2D eigenvalue weighted by molar-refractivity contribution is -0.0203. The van der Waals surface area contributed by atoms with Gasteiger partial charge in [0.05, 0.1) is 6.10 Å². The minimum atomic E-state index is -0.504. The largest absolute Gasteiger partial charge is 0.362 e. The van der Waals surface area contributed by atoms with E-state index in [0.29, 0.717) is 0 Å². The molecule has 0 unspecified atom stereocenters. The van der Waals surface area contributed by atoms with E-state index >= 15 is 0 Å². The van der Waals surface area contributed by atoms with Crippen molar-refractivity contribution in [2.45, 2.75) is 58.2 Å². The van der Waals surface area contributed by atoms with Crippen molar-refractivity contribution in [3.63, 3.8) is 0 Å². The molecule has 2 nitrogen and oxygen atoms in total. The first kappa shape index (κ1) is 16.9. The Labute approximate surface area is 144 Å². The second kappa shape index (κ2) is 7.76. The van der Waals surface area contributed by atoms with Gasteiger partial charge in [0.15, 0.2) is 5.78 Å². The summed E-state index contributed by atoms with van der Waals surface area (Å²) in [6.07, 6.45) is 5.48. The van der Waals surface area contributed by atoms with E-state index in [1.165, 1.54) is 19.3 Å². The summed E-state index contributed by atoms with van der Waals surface area (Å²) in [6, 6.07) is 15.9. The van der Waals surface area contributed by atoms with Crippen molar-refractivity contribution in [3.05, 3.63) is 70.8 Å². The number of hydrogen-bond donors (Lipinski definition) is 0. The predicted molar refractivity (Wildman–Crippen MR) is 97.4 cm³/mol. The van der Waals surface area contributed by atoms with Gasteiger partial charge in [-0.3, -0.25) is 4.79 Å². The smallest absolute Gasteiger partial charge is 0.196 e. The van der Waals surface area contributed by atoms with Gasteiger partial charge >= 0.3 is 0 Å². The fourth-order valence-electron chi connectivity index (χ4n) is 3.54. The molecule has 1 saturated carbocycles. The summed E-state index contributed by atoms with van der Waals surface area (Å²) in [4.78, 5) is 13.3. The van der Waals surface area contributed by atoms with Crippen LogP contribution in [0, 0.1) is 13.8 Å². The molecule has 0 saturated heterocycles. The number of Topliss-reactive ketones (excluding diaryl/α,β-unsaturated/α-hetero) is 1. The summed E-state index contributed by atoms with van der Waals surface area (Å²) in [5.41, 5.74) is 3.88. The zero-order chi connectivity index (χ0) is 16.9. The van der Waals surface area contributed by atoms with Crippen molar-refractivity contribution in [2.24, 2.45) is 0 Å². The van der Waals surface area contributed by atoms with E-state index in [-0.39, 0.29) is 11.9 Å². The highest BCUT2D eigenvalue weighted by Gasteiger charge is 2.28. The molecule has 1 aliphatic carbocycles. The number of hydrogen-bond acceptors (Lipinski definition) is 2. The summed E-state index contributed by atoms with van der Waals surface area (Å²) in [7, 11) is 0. The minimum absolute atomic E-state index is 0.0768. The van der Waals surface area contributed by atoms with E-state index in [4.69, 9.17) is 4.74 Å². The third-order valence-electron chi connectivity index (χ3n) is 5.00. The Morgan fingerprint density at radius 2 is 1.54 bits per heavy atom. The number of aryl methyl sites for hydroxylation is 2. The van der Waals surface area contributed by atoms with Crippen molar-refractivity contribution < 1.29 is 9.53 Å².